The third-order valence-electron chi connectivity index (χ3n) is 4.52. The lowest BCUT2D eigenvalue weighted by Gasteiger charge is -2.24. The molecule has 4 nitrogen and oxygen atoms in total. The maximum Gasteiger partial charge on any atom is 0.647 e. The summed E-state index contributed by atoms with van der Waals surface area (Å²) in [7, 11) is -4.35. The third-order valence-corrected chi connectivity index (χ3v) is 15.5. The molecule has 0 radical (unpaired) electrons. The van der Waals surface area contributed by atoms with Crippen LogP contribution in [-0.2, 0) is 4.57 Å². The van der Waals surface area contributed by atoms with E-state index in [-0.39, 0.29) is 0 Å². The van der Waals surface area contributed by atoms with Gasteiger partial charge in [-0.2, -0.15) is 4.57 Å². The van der Waals surface area contributed by atoms with Gasteiger partial charge in [-0.3, -0.25) is 0 Å². The molecule has 35 heavy (non-hydrogen) atoms. The lowest BCUT2D eigenvalue weighted by molar-refractivity contribution is 0.294. The molecule has 0 aromatic heterocycles. The minimum atomic E-state index is -4.35. The largest absolute Gasteiger partial charge is 0.647 e. The number of aryl methyl sites for hydroxylation is 3. The summed E-state index contributed by atoms with van der Waals surface area (Å²) in [6.45, 7) is 5.49. The van der Waals surface area contributed by atoms with Gasteiger partial charge in [0.2, 0.25) is 0 Å². The lowest BCUT2D eigenvalue weighted by atomic mass is 10.2. The van der Waals surface area contributed by atoms with Gasteiger partial charge in [-0.25, -0.2) is 0 Å². The highest BCUT2D eigenvalue weighted by molar-refractivity contribution is 9.15. The molecule has 14 heteroatoms. The number of benzene rings is 3. The zero-order valence-corrected chi connectivity index (χ0v) is 32.9. The number of phosphoric ester groups is 1. The van der Waals surface area contributed by atoms with Gasteiger partial charge in [-0.1, -0.05) is 0 Å². The second-order valence-electron chi connectivity index (χ2n) is 7.12. The molecule has 0 saturated carbocycles. The van der Waals surface area contributed by atoms with Crippen LogP contribution in [0.2, 0.25) is 0 Å². The molecule has 0 aliphatic heterocycles. The Morgan fingerprint density at radius 2 is 0.714 bits per heavy atom. The van der Waals surface area contributed by atoms with Crippen LogP contribution in [0, 0.1) is 20.8 Å². The van der Waals surface area contributed by atoms with E-state index in [1.165, 1.54) is 0 Å². The van der Waals surface area contributed by atoms with Crippen molar-refractivity contribution in [3.8, 4) is 17.2 Å². The molecule has 3 aromatic rings. The molecule has 0 aliphatic rings. The standard InChI is InChI=1S/C21H12Br9O4P/c1-7-4-10(22)13(25)16(28)19(7)32-35(31,33-20-8(2)5-11(23)14(26)17(20)29)34-21-9(3)6-12(24)15(27)18(21)30/h4-6H,1-3H3. The summed E-state index contributed by atoms with van der Waals surface area (Å²) >= 11 is 31.6. The van der Waals surface area contributed by atoms with E-state index in [1.807, 2.05) is 39.0 Å². The predicted octanol–water partition coefficient (Wildman–Crippen LogP) is 13.1. The molecule has 0 saturated heterocycles. The normalized spacial score (nSPS) is 11.5. The number of hydrogen-bond acceptors (Lipinski definition) is 4. The first-order valence-corrected chi connectivity index (χ1v) is 17.9. The maximum absolute atomic E-state index is 14.4. The molecule has 0 fully saturated rings. The van der Waals surface area contributed by atoms with E-state index in [2.05, 4.69) is 143 Å². The van der Waals surface area contributed by atoms with Gasteiger partial charge in [-0.05, 0) is 199 Å². The molecule has 3 aromatic carbocycles. The molecule has 0 aliphatic carbocycles. The molecule has 0 spiro atoms. The van der Waals surface area contributed by atoms with Crippen molar-refractivity contribution in [2.75, 3.05) is 0 Å². The Labute approximate surface area is 278 Å². The Hall–Kier alpha value is 1.61. The van der Waals surface area contributed by atoms with Crippen LogP contribution in [-0.4, -0.2) is 0 Å². The number of hydrogen-bond donors (Lipinski definition) is 0. The summed E-state index contributed by atoms with van der Waals surface area (Å²) in [4.78, 5) is 0. The van der Waals surface area contributed by atoms with Crippen LogP contribution in [0.5, 0.6) is 17.2 Å². The summed E-state index contributed by atoms with van der Waals surface area (Å²) in [5.41, 5.74) is 2.12. The Morgan fingerprint density at radius 3 is 0.943 bits per heavy atom. The van der Waals surface area contributed by atoms with Crippen molar-refractivity contribution in [1.29, 1.82) is 0 Å². The van der Waals surface area contributed by atoms with Crippen LogP contribution in [0.3, 0.4) is 0 Å². The second kappa shape index (κ2) is 12.4. The van der Waals surface area contributed by atoms with Crippen LogP contribution in [0.1, 0.15) is 16.7 Å². The average Bonchev–Trinajstić information content (AvgIpc) is 2.78. The Morgan fingerprint density at radius 1 is 0.486 bits per heavy atom. The van der Waals surface area contributed by atoms with E-state index in [0.29, 0.717) is 60.8 Å². The fourth-order valence-electron chi connectivity index (χ4n) is 2.82. The molecule has 3 rings (SSSR count). The van der Waals surface area contributed by atoms with Crippen molar-refractivity contribution in [2.24, 2.45) is 0 Å². The van der Waals surface area contributed by atoms with Gasteiger partial charge in [0.05, 0.1) is 13.4 Å². The van der Waals surface area contributed by atoms with Gasteiger partial charge >= 0.3 is 7.82 Å². The smallest absolute Gasteiger partial charge is 0.384 e. The van der Waals surface area contributed by atoms with Gasteiger partial charge in [-0.15, -0.1) is 0 Å². The van der Waals surface area contributed by atoms with Crippen LogP contribution in [0.4, 0.5) is 0 Å². The SMILES string of the molecule is Cc1cc(Br)c(Br)c(Br)c1OP(=O)(Oc1c(C)cc(Br)c(Br)c1Br)Oc1c(C)cc(Br)c(Br)c1Br. The quantitative estimate of drug-likeness (QED) is 0.182. The fraction of sp³-hybridized carbons (Fsp3) is 0.143. The van der Waals surface area contributed by atoms with Gasteiger partial charge in [0.25, 0.3) is 0 Å². The van der Waals surface area contributed by atoms with Gasteiger partial charge in [0, 0.05) is 26.8 Å². The van der Waals surface area contributed by atoms with E-state index < -0.39 is 7.82 Å². The minimum absolute atomic E-state index is 0.304. The molecule has 0 atom stereocenters. The summed E-state index contributed by atoms with van der Waals surface area (Å²) in [5, 5.41) is 0. The van der Waals surface area contributed by atoms with E-state index in [0.717, 1.165) is 13.4 Å². The van der Waals surface area contributed by atoms with Crippen LogP contribution < -0.4 is 13.6 Å². The summed E-state index contributed by atoms with van der Waals surface area (Å²) in [5.74, 6) is 0.912. The zero-order chi connectivity index (χ0) is 26.4. The van der Waals surface area contributed by atoms with Crippen molar-refractivity contribution >= 4 is 151 Å². The molecule has 0 N–H and O–H groups in total. The number of halogens is 9. The van der Waals surface area contributed by atoms with E-state index in [4.69, 9.17) is 13.6 Å². The van der Waals surface area contributed by atoms with E-state index in [1.54, 1.807) is 0 Å². The summed E-state index contributed by atoms with van der Waals surface area (Å²) < 4.78 is 38.8. The molecule has 0 amide bonds. The lowest BCUT2D eigenvalue weighted by Crippen LogP contribution is -2.11. The van der Waals surface area contributed by atoms with Crippen molar-refractivity contribution in [3.63, 3.8) is 0 Å². The van der Waals surface area contributed by atoms with Gasteiger partial charge in [0.1, 0.15) is 0 Å². The van der Waals surface area contributed by atoms with Crippen LogP contribution in [0.25, 0.3) is 0 Å². The average molecular weight is 1080 g/mol. The van der Waals surface area contributed by atoms with Crippen molar-refractivity contribution in [3.05, 3.63) is 75.1 Å². The molecule has 0 bridgehead atoms. The first-order valence-electron chi connectivity index (χ1n) is 9.28. The van der Waals surface area contributed by atoms with Gasteiger partial charge in [0.15, 0.2) is 17.2 Å². The maximum atomic E-state index is 14.4. The van der Waals surface area contributed by atoms with Crippen molar-refractivity contribution in [1.82, 2.24) is 0 Å². The highest BCUT2D eigenvalue weighted by Gasteiger charge is 2.38. The monoisotopic (exact) mass is 1070 g/mol. The molecular formula is C21H12Br9O4P. The molecule has 0 unspecified atom stereocenters. The predicted molar refractivity (Wildman–Crippen MR) is 172 cm³/mol. The Bertz CT molecular complexity index is 1230. The highest BCUT2D eigenvalue weighted by Crippen LogP contribution is 2.57. The molecule has 188 valence electrons. The Kier molecular flexibility index (Phi) is 11.0. The van der Waals surface area contributed by atoms with E-state index in [9.17, 15) is 4.57 Å². The number of phosphoric acid groups is 1. The van der Waals surface area contributed by atoms with Gasteiger partial charge < -0.3 is 13.6 Å². The zero-order valence-electron chi connectivity index (χ0n) is 17.7. The van der Waals surface area contributed by atoms with Crippen LogP contribution >= 0.6 is 151 Å². The fourth-order valence-corrected chi connectivity index (χ4v) is 9.81. The first-order chi connectivity index (χ1) is 16.2. The highest BCUT2D eigenvalue weighted by atomic mass is 79.9. The topological polar surface area (TPSA) is 44.8 Å². The number of rotatable bonds is 6. The van der Waals surface area contributed by atoms with Crippen molar-refractivity contribution in [2.45, 2.75) is 20.8 Å². The second-order valence-corrected chi connectivity index (χ2v) is 15.9. The Balaban J connectivity index is 2.21. The van der Waals surface area contributed by atoms with E-state index >= 15 is 0 Å². The third kappa shape index (κ3) is 6.85. The summed E-state index contributed by atoms with van der Waals surface area (Å²) in [6.07, 6.45) is 0. The minimum Gasteiger partial charge on any atom is -0.384 e. The molecule has 0 heterocycles. The molecular weight excluding hydrogens is 1070 g/mol. The van der Waals surface area contributed by atoms with Crippen molar-refractivity contribution < 1.29 is 18.1 Å². The summed E-state index contributed by atoms with van der Waals surface area (Å²) in [6, 6.07) is 5.51. The van der Waals surface area contributed by atoms with Crippen LogP contribution in [0.15, 0.2) is 58.5 Å². The first kappa shape index (κ1) is 31.1.